The molecular weight excluding hydrogens is 418 g/mol. The van der Waals surface area contributed by atoms with Gasteiger partial charge in [-0.25, -0.2) is 0 Å². The van der Waals surface area contributed by atoms with Crippen LogP contribution in [0.3, 0.4) is 0 Å². The number of carboxylic acids is 3. The third-order valence-electron chi connectivity index (χ3n) is 3.74. The van der Waals surface area contributed by atoms with Gasteiger partial charge in [0.1, 0.15) is 18.6 Å². The van der Waals surface area contributed by atoms with E-state index >= 15 is 0 Å². The van der Waals surface area contributed by atoms with E-state index in [1.54, 1.807) is 0 Å². The highest BCUT2D eigenvalue weighted by Gasteiger charge is 2.20. The largest absolute Gasteiger partial charge is 0.481 e. The highest BCUT2D eigenvalue weighted by molar-refractivity contribution is 7.80. The first-order valence-electron chi connectivity index (χ1n) is 9.64. The van der Waals surface area contributed by atoms with Gasteiger partial charge in [-0.05, 0) is 12.8 Å². The molecule has 0 aliphatic rings. The molecule has 7 N–H and O–H groups in total. The molecule has 0 saturated heterocycles. The fraction of sp³-hybridized carbons (Fsp3) is 0.722. The normalized spacial score (nSPS) is 12.0. The predicted octanol–water partition coefficient (Wildman–Crippen LogP) is 0.225. The Labute approximate surface area is 181 Å². The molecule has 0 aliphatic carbocycles. The lowest BCUT2D eigenvalue weighted by molar-refractivity contribution is -0.139. The number of thiol groups is 1. The van der Waals surface area contributed by atoms with Crippen molar-refractivity contribution in [1.29, 1.82) is 0 Å². The average Bonchev–Trinajstić information content (AvgIpc) is 2.68. The van der Waals surface area contributed by atoms with Crippen LogP contribution < -0.4 is 16.4 Å². The second kappa shape index (κ2) is 18.7. The van der Waals surface area contributed by atoms with Gasteiger partial charge in [-0.15, -0.1) is 0 Å². The van der Waals surface area contributed by atoms with Crippen LogP contribution in [-0.4, -0.2) is 69.4 Å². The van der Waals surface area contributed by atoms with Crippen LogP contribution in [0, 0.1) is 0 Å². The molecule has 0 heterocycles. The first kappa shape index (κ1) is 29.9. The molecule has 0 rings (SSSR count). The molecule has 0 unspecified atom stereocenters. The summed E-state index contributed by atoms with van der Waals surface area (Å²) < 4.78 is 0. The van der Waals surface area contributed by atoms with Crippen molar-refractivity contribution in [2.45, 2.75) is 70.4 Å². The van der Waals surface area contributed by atoms with Crippen LogP contribution in [0.15, 0.2) is 0 Å². The maximum absolute atomic E-state index is 11.5. The predicted molar refractivity (Wildman–Crippen MR) is 112 cm³/mol. The molecule has 2 atom stereocenters. The van der Waals surface area contributed by atoms with Gasteiger partial charge in [-0.3, -0.25) is 24.0 Å². The van der Waals surface area contributed by atoms with Crippen molar-refractivity contribution in [2.75, 3.05) is 12.3 Å². The zero-order valence-electron chi connectivity index (χ0n) is 17.1. The molecule has 0 fully saturated rings. The molecule has 0 aromatic carbocycles. The number of carboxylic acid groups (broad SMARTS) is 3. The topological polar surface area (TPSA) is 196 Å². The van der Waals surface area contributed by atoms with Gasteiger partial charge in [0, 0.05) is 18.6 Å². The molecule has 30 heavy (non-hydrogen) atoms. The van der Waals surface area contributed by atoms with Crippen LogP contribution in [-0.2, 0) is 24.0 Å². The Kier molecular flexibility index (Phi) is 18.6. The lowest BCUT2D eigenvalue weighted by atomic mass is 10.1. The van der Waals surface area contributed by atoms with Crippen molar-refractivity contribution in [3.63, 3.8) is 0 Å². The Balaban J connectivity index is 0. The van der Waals surface area contributed by atoms with Crippen molar-refractivity contribution in [3.05, 3.63) is 0 Å². The molecular formula is C18H33N3O8S. The Morgan fingerprint density at radius 1 is 0.933 bits per heavy atom. The minimum atomic E-state index is -1.22. The van der Waals surface area contributed by atoms with Crippen molar-refractivity contribution in [2.24, 2.45) is 5.73 Å². The Hall–Kier alpha value is -2.34. The molecule has 2 amide bonds. The summed E-state index contributed by atoms with van der Waals surface area (Å²) in [5.74, 6) is -4.37. The standard InChI is InChI=1S/C10H17N3O6S.C8H16O2/c11-5(10(18)19)1-2-7(14)13-6(4-20)9(17)12-3-8(15)16;1-2-3-4-5-6-7-8(9)10/h5-6,20H,1-4,11H2,(H,12,17)(H,13,14)(H,15,16)(H,18,19);2-7H2,1H3,(H,9,10)/t5-,6-;/m0./s1. The molecule has 11 nitrogen and oxygen atoms in total. The third-order valence-corrected chi connectivity index (χ3v) is 4.11. The van der Waals surface area contributed by atoms with E-state index in [-0.39, 0.29) is 18.6 Å². The summed E-state index contributed by atoms with van der Waals surface area (Å²) in [4.78, 5) is 53.8. The summed E-state index contributed by atoms with van der Waals surface area (Å²) in [5.41, 5.74) is 5.23. The van der Waals surface area contributed by atoms with Crippen LogP contribution in [0.5, 0.6) is 0 Å². The molecule has 0 aromatic heterocycles. The number of amides is 2. The van der Waals surface area contributed by atoms with Crippen LogP contribution in [0.2, 0.25) is 0 Å². The van der Waals surface area contributed by atoms with E-state index in [1.807, 2.05) is 0 Å². The Morgan fingerprint density at radius 3 is 2.00 bits per heavy atom. The van der Waals surface area contributed by atoms with Gasteiger partial charge in [0.25, 0.3) is 0 Å². The van der Waals surface area contributed by atoms with Crippen LogP contribution >= 0.6 is 12.6 Å². The summed E-state index contributed by atoms with van der Waals surface area (Å²) in [5, 5.41) is 29.6. The number of carbonyl (C=O) groups is 5. The summed E-state index contributed by atoms with van der Waals surface area (Å²) in [7, 11) is 0. The maximum atomic E-state index is 11.5. The average molecular weight is 452 g/mol. The lowest BCUT2D eigenvalue weighted by Crippen LogP contribution is -2.49. The zero-order chi connectivity index (χ0) is 23.5. The zero-order valence-corrected chi connectivity index (χ0v) is 18.0. The fourth-order valence-corrected chi connectivity index (χ4v) is 2.29. The minimum Gasteiger partial charge on any atom is -0.481 e. The number of aliphatic carboxylic acids is 3. The van der Waals surface area contributed by atoms with Crippen LogP contribution in [0.25, 0.3) is 0 Å². The Bertz CT molecular complexity index is 560. The van der Waals surface area contributed by atoms with Crippen molar-refractivity contribution >= 4 is 42.4 Å². The number of hydrogen-bond donors (Lipinski definition) is 7. The van der Waals surface area contributed by atoms with Gasteiger partial charge >= 0.3 is 17.9 Å². The van der Waals surface area contributed by atoms with E-state index in [9.17, 15) is 24.0 Å². The summed E-state index contributed by atoms with van der Waals surface area (Å²) in [6, 6.07) is -2.15. The quantitative estimate of drug-likeness (QED) is 0.135. The van der Waals surface area contributed by atoms with Gasteiger partial charge < -0.3 is 31.7 Å². The number of carbonyl (C=O) groups excluding carboxylic acids is 2. The van der Waals surface area contributed by atoms with Crippen LogP contribution in [0.4, 0.5) is 0 Å². The van der Waals surface area contributed by atoms with E-state index in [2.05, 4.69) is 30.2 Å². The molecule has 0 bridgehead atoms. The maximum Gasteiger partial charge on any atom is 0.322 e. The number of rotatable bonds is 15. The molecule has 0 radical (unpaired) electrons. The molecule has 174 valence electrons. The lowest BCUT2D eigenvalue weighted by Gasteiger charge is -2.16. The van der Waals surface area contributed by atoms with Crippen molar-refractivity contribution in [1.82, 2.24) is 10.6 Å². The van der Waals surface area contributed by atoms with E-state index in [0.717, 1.165) is 12.8 Å². The van der Waals surface area contributed by atoms with Gasteiger partial charge in [0.2, 0.25) is 11.8 Å². The summed E-state index contributed by atoms with van der Waals surface area (Å²) in [6.07, 6.45) is 5.65. The second-order valence-corrected chi connectivity index (χ2v) is 6.82. The van der Waals surface area contributed by atoms with E-state index in [4.69, 9.17) is 21.1 Å². The van der Waals surface area contributed by atoms with Gasteiger partial charge in [-0.1, -0.05) is 32.6 Å². The van der Waals surface area contributed by atoms with Gasteiger partial charge in [-0.2, -0.15) is 12.6 Å². The molecule has 0 saturated carbocycles. The van der Waals surface area contributed by atoms with E-state index in [0.29, 0.717) is 6.42 Å². The fourth-order valence-electron chi connectivity index (χ4n) is 2.04. The van der Waals surface area contributed by atoms with Crippen molar-refractivity contribution < 1.29 is 39.3 Å². The number of nitrogens with two attached hydrogens (primary N) is 1. The highest BCUT2D eigenvalue weighted by Crippen LogP contribution is 2.04. The molecule has 12 heteroatoms. The third kappa shape index (κ3) is 19.0. The number of nitrogens with one attached hydrogen (secondary N) is 2. The monoisotopic (exact) mass is 451 g/mol. The Morgan fingerprint density at radius 2 is 1.53 bits per heavy atom. The smallest absolute Gasteiger partial charge is 0.322 e. The van der Waals surface area contributed by atoms with E-state index < -0.39 is 48.4 Å². The molecule has 0 spiro atoms. The minimum absolute atomic E-state index is 0.0256. The summed E-state index contributed by atoms with van der Waals surface area (Å²) >= 11 is 3.87. The molecule has 0 aromatic rings. The first-order chi connectivity index (χ1) is 14.0. The van der Waals surface area contributed by atoms with Crippen LogP contribution in [0.1, 0.15) is 58.3 Å². The number of hydrogen-bond acceptors (Lipinski definition) is 7. The van der Waals surface area contributed by atoms with Crippen molar-refractivity contribution in [3.8, 4) is 0 Å². The highest BCUT2D eigenvalue weighted by atomic mass is 32.1. The van der Waals surface area contributed by atoms with E-state index in [1.165, 1.54) is 19.3 Å². The van der Waals surface area contributed by atoms with Gasteiger partial charge in [0.05, 0.1) is 0 Å². The summed E-state index contributed by atoms with van der Waals surface area (Å²) in [6.45, 7) is 1.58. The SMILES string of the molecule is CCCCCCCC(=O)O.N[C@@H](CCC(=O)N[C@@H](CS)C(=O)NCC(=O)O)C(=O)O. The first-order valence-corrected chi connectivity index (χ1v) is 10.3. The molecule has 0 aliphatic heterocycles. The number of unbranched alkanes of at least 4 members (excludes halogenated alkanes) is 4. The second-order valence-electron chi connectivity index (χ2n) is 6.46. The van der Waals surface area contributed by atoms with Gasteiger partial charge in [0.15, 0.2) is 0 Å².